The van der Waals surface area contributed by atoms with Crippen molar-refractivity contribution in [3.63, 3.8) is 0 Å². The molecule has 0 radical (unpaired) electrons. The van der Waals surface area contributed by atoms with E-state index in [0.717, 1.165) is 12.8 Å². The fourth-order valence-electron chi connectivity index (χ4n) is 2.04. The molecule has 4 nitrogen and oxygen atoms in total. The number of hydrogen-bond acceptors (Lipinski definition) is 2. The highest BCUT2D eigenvalue weighted by molar-refractivity contribution is 5.74. The van der Waals surface area contributed by atoms with Gasteiger partial charge in [-0.05, 0) is 37.7 Å². The molecule has 1 aromatic rings. The van der Waals surface area contributed by atoms with Gasteiger partial charge < -0.3 is 15.7 Å². The number of aryl methyl sites for hydroxylation is 1. The molecule has 118 valence electrons. The Labute approximate surface area is 128 Å². The number of amides is 2. The van der Waals surface area contributed by atoms with E-state index in [4.69, 9.17) is 0 Å². The van der Waals surface area contributed by atoms with Gasteiger partial charge in [0.2, 0.25) is 0 Å². The molecule has 0 spiro atoms. The van der Waals surface area contributed by atoms with Gasteiger partial charge in [0.25, 0.3) is 0 Å². The number of carbonyl (C=O) groups excluding carboxylic acids is 1. The minimum Gasteiger partial charge on any atom is -0.393 e. The average molecular weight is 292 g/mol. The van der Waals surface area contributed by atoms with Crippen molar-refractivity contribution in [3.05, 3.63) is 35.9 Å². The molecule has 0 aliphatic heterocycles. The van der Waals surface area contributed by atoms with Crippen LogP contribution in [0.1, 0.15) is 39.2 Å². The van der Waals surface area contributed by atoms with Crippen LogP contribution < -0.4 is 10.6 Å². The van der Waals surface area contributed by atoms with Gasteiger partial charge in [0.15, 0.2) is 0 Å². The van der Waals surface area contributed by atoms with Crippen molar-refractivity contribution >= 4 is 6.03 Å². The van der Waals surface area contributed by atoms with Crippen molar-refractivity contribution < 1.29 is 9.90 Å². The Hall–Kier alpha value is -1.55. The quantitative estimate of drug-likeness (QED) is 0.690. The van der Waals surface area contributed by atoms with Gasteiger partial charge in [0.1, 0.15) is 0 Å². The number of carbonyl (C=O) groups is 1. The van der Waals surface area contributed by atoms with Gasteiger partial charge in [-0.3, -0.25) is 0 Å². The summed E-state index contributed by atoms with van der Waals surface area (Å²) in [5.74, 6) is 0.222. The molecule has 0 aromatic heterocycles. The second-order valence-corrected chi connectivity index (χ2v) is 5.93. The second kappa shape index (κ2) is 9.40. The van der Waals surface area contributed by atoms with Crippen molar-refractivity contribution in [2.45, 2.75) is 52.2 Å². The summed E-state index contributed by atoms with van der Waals surface area (Å²) < 4.78 is 0. The average Bonchev–Trinajstić information content (AvgIpc) is 2.46. The van der Waals surface area contributed by atoms with Crippen molar-refractivity contribution in [3.8, 4) is 0 Å². The largest absolute Gasteiger partial charge is 0.393 e. The molecule has 2 atom stereocenters. The highest BCUT2D eigenvalue weighted by Gasteiger charge is 2.10. The molecular weight excluding hydrogens is 264 g/mol. The molecule has 21 heavy (non-hydrogen) atoms. The summed E-state index contributed by atoms with van der Waals surface area (Å²) in [4.78, 5) is 11.7. The minimum absolute atomic E-state index is 0.125. The summed E-state index contributed by atoms with van der Waals surface area (Å²) in [6, 6.07) is 10.2. The smallest absolute Gasteiger partial charge is 0.314 e. The predicted octanol–water partition coefficient (Wildman–Crippen LogP) is 2.71. The zero-order chi connectivity index (χ0) is 15.7. The Morgan fingerprint density at radius 1 is 1.14 bits per heavy atom. The summed E-state index contributed by atoms with van der Waals surface area (Å²) in [5, 5.41) is 15.4. The fraction of sp³-hybridized carbons (Fsp3) is 0.588. The number of aliphatic hydroxyl groups is 1. The summed E-state index contributed by atoms with van der Waals surface area (Å²) in [6.45, 7) is 6.44. The second-order valence-electron chi connectivity index (χ2n) is 5.93. The monoisotopic (exact) mass is 292 g/mol. The van der Waals surface area contributed by atoms with E-state index >= 15 is 0 Å². The number of benzene rings is 1. The van der Waals surface area contributed by atoms with Crippen LogP contribution in [0.2, 0.25) is 0 Å². The third-order valence-corrected chi connectivity index (χ3v) is 3.58. The molecule has 0 aliphatic carbocycles. The van der Waals surface area contributed by atoms with Crippen LogP contribution >= 0.6 is 0 Å². The first-order valence-corrected chi connectivity index (χ1v) is 7.75. The van der Waals surface area contributed by atoms with Gasteiger partial charge in [-0.15, -0.1) is 0 Å². The molecule has 0 bridgehead atoms. The van der Waals surface area contributed by atoms with Crippen LogP contribution in [0.15, 0.2) is 30.3 Å². The number of aliphatic hydroxyl groups excluding tert-OH is 1. The van der Waals surface area contributed by atoms with Gasteiger partial charge >= 0.3 is 6.03 Å². The lowest BCUT2D eigenvalue weighted by Gasteiger charge is -2.17. The first-order chi connectivity index (χ1) is 9.99. The van der Waals surface area contributed by atoms with Crippen LogP contribution in [0.5, 0.6) is 0 Å². The first-order valence-electron chi connectivity index (χ1n) is 7.75. The Morgan fingerprint density at radius 2 is 1.81 bits per heavy atom. The van der Waals surface area contributed by atoms with E-state index in [9.17, 15) is 9.90 Å². The van der Waals surface area contributed by atoms with Crippen LogP contribution in [-0.2, 0) is 6.42 Å². The summed E-state index contributed by atoms with van der Waals surface area (Å²) in [6.07, 6.45) is 2.09. The molecule has 1 rings (SSSR count). The van der Waals surface area contributed by atoms with E-state index in [1.165, 1.54) is 5.56 Å². The minimum atomic E-state index is -0.360. The molecule has 0 aliphatic rings. The standard InChI is InChI=1S/C17H28N2O2/c1-13(2)16(20)11-12-18-17(21)19-14(3)9-10-15-7-5-4-6-8-15/h4-8,13-14,16,20H,9-12H2,1-3H3,(H2,18,19,21). The van der Waals surface area contributed by atoms with E-state index in [1.807, 2.05) is 39.0 Å². The third kappa shape index (κ3) is 7.71. The highest BCUT2D eigenvalue weighted by atomic mass is 16.3. The fourth-order valence-corrected chi connectivity index (χ4v) is 2.04. The maximum Gasteiger partial charge on any atom is 0.314 e. The van der Waals surface area contributed by atoms with E-state index in [-0.39, 0.29) is 24.1 Å². The number of urea groups is 1. The summed E-state index contributed by atoms with van der Waals surface area (Å²) in [7, 11) is 0. The lowest BCUT2D eigenvalue weighted by atomic mass is 10.0. The molecule has 1 aromatic carbocycles. The predicted molar refractivity (Wildman–Crippen MR) is 86.2 cm³/mol. The molecule has 0 fully saturated rings. The van der Waals surface area contributed by atoms with Gasteiger partial charge in [-0.25, -0.2) is 4.79 Å². The van der Waals surface area contributed by atoms with Crippen LogP contribution in [-0.4, -0.2) is 29.8 Å². The molecule has 0 saturated heterocycles. The zero-order valence-electron chi connectivity index (χ0n) is 13.3. The molecule has 3 N–H and O–H groups in total. The van der Waals surface area contributed by atoms with Crippen molar-refractivity contribution in [1.29, 1.82) is 0 Å². The molecule has 2 amide bonds. The molecule has 2 unspecified atom stereocenters. The van der Waals surface area contributed by atoms with E-state index in [2.05, 4.69) is 22.8 Å². The Bertz CT molecular complexity index is 407. The molecule has 0 saturated carbocycles. The Balaban J connectivity index is 2.16. The van der Waals surface area contributed by atoms with E-state index < -0.39 is 0 Å². The van der Waals surface area contributed by atoms with Crippen LogP contribution in [0, 0.1) is 5.92 Å². The van der Waals surface area contributed by atoms with Crippen molar-refractivity contribution in [1.82, 2.24) is 10.6 Å². The number of rotatable bonds is 8. The summed E-state index contributed by atoms with van der Waals surface area (Å²) >= 11 is 0. The SMILES string of the molecule is CC(CCc1ccccc1)NC(=O)NCCC(O)C(C)C. The lowest BCUT2D eigenvalue weighted by molar-refractivity contribution is 0.116. The molecule has 0 heterocycles. The van der Waals surface area contributed by atoms with Gasteiger partial charge in [-0.2, -0.15) is 0 Å². The maximum atomic E-state index is 11.7. The lowest BCUT2D eigenvalue weighted by Crippen LogP contribution is -2.42. The van der Waals surface area contributed by atoms with Crippen LogP contribution in [0.3, 0.4) is 0 Å². The van der Waals surface area contributed by atoms with E-state index in [1.54, 1.807) is 0 Å². The molecule has 4 heteroatoms. The summed E-state index contributed by atoms with van der Waals surface area (Å²) in [5.41, 5.74) is 1.28. The van der Waals surface area contributed by atoms with Crippen molar-refractivity contribution in [2.24, 2.45) is 5.92 Å². The first kappa shape index (κ1) is 17.5. The number of nitrogens with one attached hydrogen (secondary N) is 2. The maximum absolute atomic E-state index is 11.7. The van der Waals surface area contributed by atoms with Crippen molar-refractivity contribution in [2.75, 3.05) is 6.54 Å². The Kier molecular flexibility index (Phi) is 7.83. The highest BCUT2D eigenvalue weighted by Crippen LogP contribution is 2.05. The number of hydrogen-bond donors (Lipinski definition) is 3. The topological polar surface area (TPSA) is 61.4 Å². The van der Waals surface area contributed by atoms with E-state index in [0.29, 0.717) is 13.0 Å². The van der Waals surface area contributed by atoms with Gasteiger partial charge in [0.05, 0.1) is 6.10 Å². The molecular formula is C17H28N2O2. The zero-order valence-corrected chi connectivity index (χ0v) is 13.3. The van der Waals surface area contributed by atoms with Gasteiger partial charge in [-0.1, -0.05) is 44.2 Å². The van der Waals surface area contributed by atoms with Crippen LogP contribution in [0.4, 0.5) is 4.79 Å². The Morgan fingerprint density at radius 3 is 2.43 bits per heavy atom. The van der Waals surface area contributed by atoms with Gasteiger partial charge in [0, 0.05) is 12.6 Å². The normalized spacial score (nSPS) is 13.8. The third-order valence-electron chi connectivity index (χ3n) is 3.58. The van der Waals surface area contributed by atoms with Crippen LogP contribution in [0.25, 0.3) is 0 Å².